The summed E-state index contributed by atoms with van der Waals surface area (Å²) in [6.07, 6.45) is 1.21. The van der Waals surface area contributed by atoms with Gasteiger partial charge >= 0.3 is 0 Å². The van der Waals surface area contributed by atoms with E-state index >= 15 is 0 Å². The Morgan fingerprint density at radius 3 is 2.95 bits per heavy atom. The number of likely N-dealkylation sites (N-methyl/N-ethyl adjacent to an activating group) is 1. The van der Waals surface area contributed by atoms with Crippen molar-refractivity contribution in [3.8, 4) is 17.2 Å². The Morgan fingerprint density at radius 2 is 2.25 bits per heavy atom. The van der Waals surface area contributed by atoms with Crippen LogP contribution in [0.15, 0.2) is 12.1 Å². The number of methoxy groups -OCH3 is 1. The van der Waals surface area contributed by atoms with Crippen LogP contribution < -0.4 is 19.5 Å². The molecule has 0 aliphatic carbocycles. The predicted molar refractivity (Wildman–Crippen MR) is 79.1 cm³/mol. The second-order valence-electron chi connectivity index (χ2n) is 5.04. The largest absolute Gasteiger partial charge is 0.493 e. The summed E-state index contributed by atoms with van der Waals surface area (Å²) in [5.41, 5.74) is 1.21. The van der Waals surface area contributed by atoms with Crippen LogP contribution in [0.4, 0.5) is 0 Å². The van der Waals surface area contributed by atoms with Gasteiger partial charge in [0.25, 0.3) is 0 Å². The molecule has 0 saturated carbocycles. The van der Waals surface area contributed by atoms with E-state index in [1.165, 1.54) is 12.0 Å². The molecule has 112 valence electrons. The molecule has 20 heavy (non-hydrogen) atoms. The van der Waals surface area contributed by atoms with Crippen molar-refractivity contribution in [1.82, 2.24) is 10.2 Å². The lowest BCUT2D eigenvalue weighted by Crippen LogP contribution is -2.29. The van der Waals surface area contributed by atoms with E-state index < -0.39 is 0 Å². The lowest BCUT2D eigenvalue weighted by atomic mass is 10.1. The Hall–Kier alpha value is -1.17. The van der Waals surface area contributed by atoms with Crippen LogP contribution in [-0.2, 0) is 6.54 Å². The van der Waals surface area contributed by atoms with E-state index in [2.05, 4.69) is 16.3 Å². The number of halogens is 1. The van der Waals surface area contributed by atoms with Crippen molar-refractivity contribution in [3.05, 3.63) is 17.7 Å². The minimum atomic E-state index is 0. The molecule has 0 amide bonds. The summed E-state index contributed by atoms with van der Waals surface area (Å²) in [5.74, 6) is 2.27. The van der Waals surface area contributed by atoms with Crippen LogP contribution in [-0.4, -0.2) is 45.0 Å². The van der Waals surface area contributed by atoms with E-state index in [1.54, 1.807) is 7.11 Å². The third kappa shape index (κ3) is 2.95. The molecule has 1 aromatic carbocycles. The fourth-order valence-electron chi connectivity index (χ4n) is 2.75. The van der Waals surface area contributed by atoms with Crippen molar-refractivity contribution < 1.29 is 14.2 Å². The number of hydrogen-bond donors (Lipinski definition) is 1. The normalized spacial score (nSPS) is 20.8. The van der Waals surface area contributed by atoms with Gasteiger partial charge in [-0.05, 0) is 31.2 Å². The van der Waals surface area contributed by atoms with Crippen molar-refractivity contribution in [1.29, 1.82) is 0 Å². The van der Waals surface area contributed by atoms with E-state index in [9.17, 15) is 0 Å². The molecule has 6 heteroatoms. The molecule has 2 aliphatic heterocycles. The van der Waals surface area contributed by atoms with Crippen LogP contribution in [0, 0.1) is 0 Å². The van der Waals surface area contributed by atoms with Gasteiger partial charge in [-0.1, -0.05) is 0 Å². The molecule has 1 aromatic rings. The molecule has 0 aromatic heterocycles. The summed E-state index contributed by atoms with van der Waals surface area (Å²) in [4.78, 5) is 2.44. The van der Waals surface area contributed by atoms with Crippen LogP contribution in [0.1, 0.15) is 12.0 Å². The molecule has 2 heterocycles. The molecule has 0 bridgehead atoms. The van der Waals surface area contributed by atoms with E-state index in [0.29, 0.717) is 6.04 Å². The fraction of sp³-hybridized carbons (Fsp3) is 0.571. The Labute approximate surface area is 125 Å². The Morgan fingerprint density at radius 1 is 1.40 bits per heavy atom. The molecular formula is C14H21ClN2O3. The number of likely N-dealkylation sites (tertiary alicyclic amines) is 1. The van der Waals surface area contributed by atoms with Gasteiger partial charge < -0.3 is 19.5 Å². The molecule has 0 spiro atoms. The van der Waals surface area contributed by atoms with Crippen LogP contribution in [0.2, 0.25) is 0 Å². The average molecular weight is 301 g/mol. The average Bonchev–Trinajstić information content (AvgIpc) is 3.06. The van der Waals surface area contributed by atoms with Gasteiger partial charge in [-0.2, -0.15) is 0 Å². The number of benzene rings is 1. The third-order valence-corrected chi connectivity index (χ3v) is 3.80. The van der Waals surface area contributed by atoms with Gasteiger partial charge in [0.1, 0.15) is 0 Å². The molecular weight excluding hydrogens is 280 g/mol. The van der Waals surface area contributed by atoms with E-state index in [4.69, 9.17) is 14.2 Å². The highest BCUT2D eigenvalue weighted by molar-refractivity contribution is 5.85. The zero-order chi connectivity index (χ0) is 13.2. The molecule has 5 nitrogen and oxygen atoms in total. The monoisotopic (exact) mass is 300 g/mol. The first kappa shape index (κ1) is 15.2. The summed E-state index contributed by atoms with van der Waals surface area (Å²) in [6, 6.07) is 4.70. The van der Waals surface area contributed by atoms with Crippen LogP contribution in [0.3, 0.4) is 0 Å². The zero-order valence-electron chi connectivity index (χ0n) is 11.8. The topological polar surface area (TPSA) is 43.0 Å². The summed E-state index contributed by atoms with van der Waals surface area (Å²) in [7, 11) is 3.69. The number of ether oxygens (including phenoxy) is 3. The zero-order valence-corrected chi connectivity index (χ0v) is 12.7. The van der Waals surface area contributed by atoms with E-state index in [-0.39, 0.29) is 19.2 Å². The second-order valence-corrected chi connectivity index (χ2v) is 5.04. The highest BCUT2D eigenvalue weighted by Crippen LogP contribution is 2.42. The minimum Gasteiger partial charge on any atom is -0.493 e. The molecule has 1 fully saturated rings. The molecule has 1 saturated heterocycles. The Bertz CT molecular complexity index is 470. The highest BCUT2D eigenvalue weighted by Gasteiger charge is 2.24. The first-order valence-corrected chi connectivity index (χ1v) is 6.66. The SMILES string of the molecule is CNC1CCN(Cc2cc(OC)c3c(c2)OCO3)C1.Cl. The van der Waals surface area contributed by atoms with Crippen LogP contribution in [0.5, 0.6) is 17.2 Å². The van der Waals surface area contributed by atoms with Crippen molar-refractivity contribution in [3.63, 3.8) is 0 Å². The van der Waals surface area contributed by atoms with Crippen molar-refractivity contribution in [2.75, 3.05) is 34.0 Å². The first-order chi connectivity index (χ1) is 9.30. The molecule has 2 aliphatic rings. The minimum absolute atomic E-state index is 0. The smallest absolute Gasteiger partial charge is 0.231 e. The van der Waals surface area contributed by atoms with E-state index in [1.807, 2.05) is 13.1 Å². The van der Waals surface area contributed by atoms with Gasteiger partial charge in [0.15, 0.2) is 11.5 Å². The number of hydrogen-bond acceptors (Lipinski definition) is 5. The number of fused-ring (bicyclic) bond motifs is 1. The summed E-state index contributed by atoms with van der Waals surface area (Å²) < 4.78 is 16.2. The van der Waals surface area contributed by atoms with Crippen molar-refractivity contribution in [2.45, 2.75) is 19.0 Å². The first-order valence-electron chi connectivity index (χ1n) is 6.66. The number of rotatable bonds is 4. The second kappa shape index (κ2) is 6.52. The highest BCUT2D eigenvalue weighted by atomic mass is 35.5. The molecule has 1 atom stereocenters. The Kier molecular flexibility index (Phi) is 4.96. The predicted octanol–water partition coefficient (Wildman–Crippen LogP) is 1.64. The summed E-state index contributed by atoms with van der Waals surface area (Å²) in [5, 5.41) is 3.33. The van der Waals surface area contributed by atoms with E-state index in [0.717, 1.165) is 36.9 Å². The number of nitrogens with one attached hydrogen (secondary N) is 1. The molecule has 1 N–H and O–H groups in total. The maximum atomic E-state index is 5.46. The summed E-state index contributed by atoms with van der Waals surface area (Å²) in [6.45, 7) is 3.42. The van der Waals surface area contributed by atoms with Gasteiger partial charge in [-0.15, -0.1) is 12.4 Å². The lowest BCUT2D eigenvalue weighted by molar-refractivity contribution is 0.171. The molecule has 1 unspecified atom stereocenters. The fourth-order valence-corrected chi connectivity index (χ4v) is 2.75. The number of nitrogens with zero attached hydrogens (tertiary/aromatic N) is 1. The standard InChI is InChI=1S/C14H20N2O3.ClH/c1-15-11-3-4-16(8-11)7-10-5-12(17-2)14-13(6-10)18-9-19-14;/h5-6,11,15H,3-4,7-9H2,1-2H3;1H. The van der Waals surface area contributed by atoms with Crippen molar-refractivity contribution in [2.24, 2.45) is 0 Å². The quantitative estimate of drug-likeness (QED) is 0.916. The third-order valence-electron chi connectivity index (χ3n) is 3.80. The van der Waals surface area contributed by atoms with Crippen LogP contribution >= 0.6 is 12.4 Å². The van der Waals surface area contributed by atoms with Gasteiger partial charge in [0.2, 0.25) is 12.5 Å². The maximum Gasteiger partial charge on any atom is 0.231 e. The van der Waals surface area contributed by atoms with Crippen LogP contribution in [0.25, 0.3) is 0 Å². The van der Waals surface area contributed by atoms with Crippen molar-refractivity contribution >= 4 is 12.4 Å². The summed E-state index contributed by atoms with van der Waals surface area (Å²) >= 11 is 0. The maximum absolute atomic E-state index is 5.46. The van der Waals surface area contributed by atoms with Gasteiger partial charge in [0.05, 0.1) is 7.11 Å². The Balaban J connectivity index is 0.00000147. The van der Waals surface area contributed by atoms with Gasteiger partial charge in [0, 0.05) is 25.7 Å². The lowest BCUT2D eigenvalue weighted by Gasteiger charge is -2.17. The van der Waals surface area contributed by atoms with Gasteiger partial charge in [-0.3, -0.25) is 4.90 Å². The molecule has 0 radical (unpaired) electrons. The molecule has 3 rings (SSSR count). The van der Waals surface area contributed by atoms with Gasteiger partial charge in [-0.25, -0.2) is 0 Å².